The van der Waals surface area contributed by atoms with Gasteiger partial charge in [-0.05, 0) is 17.5 Å². The van der Waals surface area contributed by atoms with E-state index in [1.54, 1.807) is 35.7 Å². The van der Waals surface area contributed by atoms with Gasteiger partial charge in [-0.25, -0.2) is 3.97 Å². The molecular weight excluding hydrogens is 310 g/mol. The molecule has 8 heteroatoms. The molecule has 2 heterocycles. The van der Waals surface area contributed by atoms with Gasteiger partial charge >= 0.3 is 0 Å². The summed E-state index contributed by atoms with van der Waals surface area (Å²) < 4.78 is 26.6. The largest absolute Gasteiger partial charge is 0.396 e. The molecular formula is C13H11N3O3S2. The van der Waals surface area contributed by atoms with Crippen molar-refractivity contribution in [2.45, 2.75) is 4.21 Å². The van der Waals surface area contributed by atoms with Crippen LogP contribution in [0.5, 0.6) is 0 Å². The lowest BCUT2D eigenvalue weighted by atomic mass is 10.2. The first-order valence-electron chi connectivity index (χ1n) is 5.92. The summed E-state index contributed by atoms with van der Waals surface area (Å²) in [7, 11) is -3.92. The van der Waals surface area contributed by atoms with E-state index in [2.05, 4.69) is 0 Å². The van der Waals surface area contributed by atoms with Crippen LogP contribution in [0, 0.1) is 0 Å². The third kappa shape index (κ3) is 1.91. The Morgan fingerprint density at radius 3 is 2.48 bits per heavy atom. The van der Waals surface area contributed by atoms with Gasteiger partial charge in [-0.15, -0.1) is 11.3 Å². The van der Waals surface area contributed by atoms with E-state index in [4.69, 9.17) is 11.5 Å². The van der Waals surface area contributed by atoms with E-state index in [9.17, 15) is 13.2 Å². The molecule has 3 rings (SSSR count). The van der Waals surface area contributed by atoms with Gasteiger partial charge in [0.05, 0.1) is 11.2 Å². The topological polar surface area (TPSA) is 108 Å². The second-order valence-electron chi connectivity index (χ2n) is 4.35. The number of para-hydroxylation sites is 1. The first-order valence-corrected chi connectivity index (χ1v) is 8.24. The number of rotatable bonds is 3. The van der Waals surface area contributed by atoms with Crippen molar-refractivity contribution in [3.8, 4) is 0 Å². The van der Waals surface area contributed by atoms with Crippen LogP contribution < -0.4 is 11.5 Å². The first kappa shape index (κ1) is 13.7. The van der Waals surface area contributed by atoms with Crippen LogP contribution in [-0.4, -0.2) is 18.3 Å². The average molecular weight is 321 g/mol. The maximum atomic E-state index is 12.8. The fraction of sp³-hybridized carbons (Fsp3) is 0. The van der Waals surface area contributed by atoms with Crippen LogP contribution in [-0.2, 0) is 10.0 Å². The molecule has 0 aliphatic heterocycles. The molecule has 108 valence electrons. The van der Waals surface area contributed by atoms with Gasteiger partial charge < -0.3 is 11.5 Å². The summed E-state index contributed by atoms with van der Waals surface area (Å²) in [5, 5.41) is 2.12. The Kier molecular flexibility index (Phi) is 2.99. The van der Waals surface area contributed by atoms with Crippen molar-refractivity contribution in [1.29, 1.82) is 0 Å². The maximum Gasteiger partial charge on any atom is 0.278 e. The first-order chi connectivity index (χ1) is 9.94. The van der Waals surface area contributed by atoms with Crippen LogP contribution >= 0.6 is 11.3 Å². The van der Waals surface area contributed by atoms with Gasteiger partial charge in [0.25, 0.3) is 15.9 Å². The van der Waals surface area contributed by atoms with Gasteiger partial charge in [0, 0.05) is 5.39 Å². The summed E-state index contributed by atoms with van der Waals surface area (Å²) >= 11 is 1.06. The van der Waals surface area contributed by atoms with E-state index in [1.165, 1.54) is 6.07 Å². The summed E-state index contributed by atoms with van der Waals surface area (Å²) in [6.07, 6.45) is 0. The molecule has 6 nitrogen and oxygen atoms in total. The molecule has 0 aliphatic carbocycles. The molecule has 1 amide bonds. The van der Waals surface area contributed by atoms with Gasteiger partial charge in [0.15, 0.2) is 0 Å². The predicted octanol–water partition coefficient (Wildman–Crippen LogP) is 1.62. The Hall–Kier alpha value is -2.32. The van der Waals surface area contributed by atoms with Crippen LogP contribution in [0.4, 0.5) is 5.69 Å². The van der Waals surface area contributed by atoms with Crippen molar-refractivity contribution in [2.75, 3.05) is 5.73 Å². The number of fused-ring (bicyclic) bond motifs is 1. The van der Waals surface area contributed by atoms with E-state index in [0.29, 0.717) is 10.9 Å². The summed E-state index contributed by atoms with van der Waals surface area (Å²) in [5.41, 5.74) is 11.4. The molecule has 0 saturated heterocycles. The van der Waals surface area contributed by atoms with Crippen LogP contribution in [0.25, 0.3) is 10.9 Å². The number of aromatic nitrogens is 1. The number of nitrogens with zero attached hydrogens (tertiary/aromatic N) is 1. The minimum Gasteiger partial charge on any atom is -0.396 e. The highest BCUT2D eigenvalue weighted by atomic mass is 32.2. The molecule has 1 aromatic carbocycles. The lowest BCUT2D eigenvalue weighted by Gasteiger charge is -2.08. The maximum absolute atomic E-state index is 12.8. The van der Waals surface area contributed by atoms with E-state index in [-0.39, 0.29) is 15.6 Å². The molecule has 0 unspecified atom stereocenters. The lowest BCUT2D eigenvalue weighted by Crippen LogP contribution is -2.23. The summed E-state index contributed by atoms with van der Waals surface area (Å²) in [6, 6.07) is 9.71. The normalized spacial score (nSPS) is 11.8. The number of thiophene rings is 1. The molecule has 0 fully saturated rings. The molecule has 0 aliphatic rings. The summed E-state index contributed by atoms with van der Waals surface area (Å²) in [5.74, 6) is -0.885. The smallest absolute Gasteiger partial charge is 0.278 e. The van der Waals surface area contributed by atoms with E-state index < -0.39 is 15.9 Å². The quantitative estimate of drug-likeness (QED) is 0.764. The van der Waals surface area contributed by atoms with Crippen LogP contribution in [0.3, 0.4) is 0 Å². The van der Waals surface area contributed by atoms with Crippen molar-refractivity contribution in [2.24, 2.45) is 5.73 Å². The van der Waals surface area contributed by atoms with E-state index >= 15 is 0 Å². The minimum atomic E-state index is -3.92. The Balaban J connectivity index is 2.48. The zero-order valence-corrected chi connectivity index (χ0v) is 12.3. The fourth-order valence-corrected chi connectivity index (χ4v) is 4.82. The molecule has 21 heavy (non-hydrogen) atoms. The molecule has 4 N–H and O–H groups in total. The third-order valence-corrected chi connectivity index (χ3v) is 6.18. The van der Waals surface area contributed by atoms with Gasteiger partial charge in [0.1, 0.15) is 9.90 Å². The van der Waals surface area contributed by atoms with Gasteiger partial charge in [0.2, 0.25) is 0 Å². The average Bonchev–Trinajstić information content (AvgIpc) is 3.06. The van der Waals surface area contributed by atoms with Crippen molar-refractivity contribution in [3.63, 3.8) is 0 Å². The van der Waals surface area contributed by atoms with Crippen LogP contribution in [0.2, 0.25) is 0 Å². The Bertz CT molecular complexity index is 941. The number of primary amides is 1. The zero-order valence-electron chi connectivity index (χ0n) is 10.7. The van der Waals surface area contributed by atoms with E-state index in [0.717, 1.165) is 15.3 Å². The van der Waals surface area contributed by atoms with E-state index in [1.807, 2.05) is 0 Å². The molecule has 0 saturated carbocycles. The van der Waals surface area contributed by atoms with Crippen molar-refractivity contribution >= 4 is 43.9 Å². The third-order valence-electron chi connectivity index (χ3n) is 3.09. The number of hydrogen-bond donors (Lipinski definition) is 2. The van der Waals surface area contributed by atoms with Gasteiger partial charge in [-0.2, -0.15) is 8.42 Å². The number of benzene rings is 1. The standard InChI is InChI=1S/C13H11N3O3S2/c14-11-8-4-1-2-5-9(8)16(12(11)13(15)17)21(18,19)10-6-3-7-20-10/h1-7H,14H2,(H2,15,17). The predicted molar refractivity (Wildman–Crippen MR) is 81.8 cm³/mol. The highest BCUT2D eigenvalue weighted by Crippen LogP contribution is 2.32. The lowest BCUT2D eigenvalue weighted by molar-refractivity contribution is 0.0996. The summed E-state index contributed by atoms with van der Waals surface area (Å²) in [4.78, 5) is 11.7. The highest BCUT2D eigenvalue weighted by Gasteiger charge is 2.28. The summed E-state index contributed by atoms with van der Waals surface area (Å²) in [6.45, 7) is 0. The molecule has 0 atom stereocenters. The Labute approximate surface area is 124 Å². The number of amides is 1. The zero-order chi connectivity index (χ0) is 15.2. The van der Waals surface area contributed by atoms with Gasteiger partial charge in [-0.3, -0.25) is 4.79 Å². The van der Waals surface area contributed by atoms with Crippen molar-refractivity contribution < 1.29 is 13.2 Å². The van der Waals surface area contributed by atoms with Crippen molar-refractivity contribution in [3.05, 3.63) is 47.5 Å². The number of hydrogen-bond acceptors (Lipinski definition) is 5. The highest BCUT2D eigenvalue weighted by molar-refractivity contribution is 7.92. The fourth-order valence-electron chi connectivity index (χ4n) is 2.22. The molecule has 3 aromatic rings. The number of anilines is 1. The number of nitrogen functional groups attached to an aromatic ring is 1. The molecule has 2 aromatic heterocycles. The van der Waals surface area contributed by atoms with Crippen LogP contribution in [0.15, 0.2) is 46.0 Å². The minimum absolute atomic E-state index is 0.0678. The monoisotopic (exact) mass is 321 g/mol. The number of carbonyl (C=O) groups is 1. The SMILES string of the molecule is NC(=O)c1c(N)c2ccccc2n1S(=O)(=O)c1cccs1. The second kappa shape index (κ2) is 4.61. The van der Waals surface area contributed by atoms with Gasteiger partial charge in [-0.1, -0.05) is 24.3 Å². The molecule has 0 bridgehead atoms. The second-order valence-corrected chi connectivity index (χ2v) is 7.31. The Morgan fingerprint density at radius 1 is 1.14 bits per heavy atom. The molecule has 0 radical (unpaired) electrons. The molecule has 0 spiro atoms. The van der Waals surface area contributed by atoms with Crippen LogP contribution in [0.1, 0.15) is 10.5 Å². The number of carbonyl (C=O) groups excluding carboxylic acids is 1. The number of nitrogens with two attached hydrogens (primary N) is 2. The van der Waals surface area contributed by atoms with Crippen molar-refractivity contribution in [1.82, 2.24) is 3.97 Å². The Morgan fingerprint density at radius 2 is 1.86 bits per heavy atom.